The lowest BCUT2D eigenvalue weighted by Gasteiger charge is -2.43. The smallest absolute Gasteiger partial charge is 0.410 e. The number of hydrogen-bond donors (Lipinski definition) is 1. The van der Waals surface area contributed by atoms with Gasteiger partial charge < -0.3 is 24.4 Å². The van der Waals surface area contributed by atoms with Gasteiger partial charge in [-0.3, -0.25) is 9.69 Å². The first-order chi connectivity index (χ1) is 12.5. The molecule has 1 N–H and O–H groups in total. The number of esters is 2. The Bertz CT molecular complexity index is 562. The van der Waals surface area contributed by atoms with Crippen molar-refractivity contribution in [1.29, 1.82) is 0 Å². The molecule has 1 rings (SSSR count). The van der Waals surface area contributed by atoms with Crippen LogP contribution in [0, 0.1) is 0 Å². The third-order valence-corrected chi connectivity index (χ3v) is 4.11. The van der Waals surface area contributed by atoms with Crippen LogP contribution in [0.2, 0.25) is 0 Å². The molecule has 0 aromatic heterocycles. The number of methoxy groups -OCH3 is 2. The number of nitrogens with zero attached hydrogens (tertiary/aromatic N) is 2. The summed E-state index contributed by atoms with van der Waals surface area (Å²) in [6.07, 6.45) is -0.467. The average molecular weight is 387 g/mol. The van der Waals surface area contributed by atoms with E-state index in [4.69, 9.17) is 14.2 Å². The summed E-state index contributed by atoms with van der Waals surface area (Å²) in [5.74, 6) is -2.08. The van der Waals surface area contributed by atoms with Crippen LogP contribution >= 0.6 is 0 Å². The van der Waals surface area contributed by atoms with Gasteiger partial charge in [-0.15, -0.1) is 0 Å². The summed E-state index contributed by atoms with van der Waals surface area (Å²) in [4.78, 5) is 51.7. The highest BCUT2D eigenvalue weighted by molar-refractivity contribution is 6.05. The molecule has 0 aromatic carbocycles. The third-order valence-electron chi connectivity index (χ3n) is 4.11. The summed E-state index contributed by atoms with van der Waals surface area (Å²) in [7, 11) is 2.31. The highest BCUT2D eigenvalue weighted by atomic mass is 16.6. The molecule has 0 unspecified atom stereocenters. The van der Waals surface area contributed by atoms with Gasteiger partial charge in [-0.25, -0.2) is 14.4 Å². The highest BCUT2D eigenvalue weighted by Crippen LogP contribution is 2.22. The molecule has 0 aliphatic carbocycles. The van der Waals surface area contributed by atoms with E-state index >= 15 is 0 Å². The fraction of sp³-hybridized carbons (Fsp3) is 0.765. The molecule has 0 aromatic rings. The van der Waals surface area contributed by atoms with Gasteiger partial charge in [0.25, 0.3) is 0 Å². The minimum absolute atomic E-state index is 0.197. The molecule has 1 heterocycles. The topological polar surface area (TPSA) is 114 Å². The predicted molar refractivity (Wildman–Crippen MR) is 94.8 cm³/mol. The molecular formula is C17H29N3O7. The van der Waals surface area contributed by atoms with E-state index in [2.05, 4.69) is 5.32 Å². The summed E-state index contributed by atoms with van der Waals surface area (Å²) in [6.45, 7) is 7.17. The molecular weight excluding hydrogens is 358 g/mol. The van der Waals surface area contributed by atoms with E-state index in [0.29, 0.717) is 0 Å². The van der Waals surface area contributed by atoms with Crippen LogP contribution in [-0.4, -0.2) is 91.8 Å². The van der Waals surface area contributed by atoms with Crippen molar-refractivity contribution in [2.45, 2.75) is 38.8 Å². The van der Waals surface area contributed by atoms with Crippen LogP contribution in [0.5, 0.6) is 0 Å². The van der Waals surface area contributed by atoms with Crippen molar-refractivity contribution < 1.29 is 33.4 Å². The van der Waals surface area contributed by atoms with Crippen molar-refractivity contribution >= 4 is 23.9 Å². The molecule has 27 heavy (non-hydrogen) atoms. The van der Waals surface area contributed by atoms with Crippen LogP contribution < -0.4 is 5.32 Å². The predicted octanol–water partition coefficient (Wildman–Crippen LogP) is -0.240. The number of hydrogen-bond acceptors (Lipinski definition) is 8. The molecule has 2 amide bonds. The van der Waals surface area contributed by atoms with E-state index in [-0.39, 0.29) is 32.7 Å². The minimum Gasteiger partial charge on any atom is -0.467 e. The quantitative estimate of drug-likeness (QED) is 0.391. The number of piperazine rings is 1. The number of rotatable bonds is 5. The van der Waals surface area contributed by atoms with E-state index in [1.807, 2.05) is 0 Å². The molecule has 10 nitrogen and oxygen atoms in total. The van der Waals surface area contributed by atoms with E-state index < -0.39 is 35.1 Å². The molecule has 1 fully saturated rings. The van der Waals surface area contributed by atoms with Gasteiger partial charge in [0, 0.05) is 33.1 Å². The zero-order valence-corrected chi connectivity index (χ0v) is 16.8. The van der Waals surface area contributed by atoms with Crippen LogP contribution in [0.15, 0.2) is 0 Å². The van der Waals surface area contributed by atoms with Gasteiger partial charge in [-0.1, -0.05) is 0 Å². The number of nitrogens with one attached hydrogen (secondary N) is 1. The molecule has 0 atom stereocenters. The Balaban J connectivity index is 3.01. The van der Waals surface area contributed by atoms with E-state index in [1.54, 1.807) is 25.7 Å². The van der Waals surface area contributed by atoms with Gasteiger partial charge in [-0.05, 0) is 20.8 Å². The van der Waals surface area contributed by atoms with Crippen LogP contribution in [0.1, 0.15) is 27.7 Å². The van der Waals surface area contributed by atoms with Gasteiger partial charge in [0.15, 0.2) is 0 Å². The van der Waals surface area contributed by atoms with Crippen molar-refractivity contribution in [2.24, 2.45) is 0 Å². The summed E-state index contributed by atoms with van der Waals surface area (Å²) < 4.78 is 15.0. The van der Waals surface area contributed by atoms with Gasteiger partial charge in [0.2, 0.25) is 11.4 Å². The SMILES string of the molecule is COC(=O)C(CNC(C)=O)(C(=O)OC)N1CCN(C(=O)OC(C)(C)C)CC1. The second kappa shape index (κ2) is 9.03. The standard InChI is InChI=1S/C17H29N3O7/c1-12(21)18-11-17(13(22)25-5,14(23)26-6)20-9-7-19(8-10-20)15(24)27-16(2,3)4/h7-11H2,1-6H3,(H,18,21). The monoisotopic (exact) mass is 387 g/mol. The fourth-order valence-electron chi connectivity index (χ4n) is 2.78. The number of amides is 2. The zero-order valence-electron chi connectivity index (χ0n) is 16.8. The summed E-state index contributed by atoms with van der Waals surface area (Å²) >= 11 is 0. The van der Waals surface area contributed by atoms with Crippen LogP contribution in [0.4, 0.5) is 4.79 Å². The maximum Gasteiger partial charge on any atom is 0.410 e. The summed E-state index contributed by atoms with van der Waals surface area (Å²) in [6, 6.07) is 0. The molecule has 0 bridgehead atoms. The maximum atomic E-state index is 12.5. The Morgan fingerprint density at radius 3 is 1.78 bits per heavy atom. The number of ether oxygens (including phenoxy) is 3. The van der Waals surface area contributed by atoms with E-state index in [9.17, 15) is 19.2 Å². The first-order valence-corrected chi connectivity index (χ1v) is 8.62. The summed E-state index contributed by atoms with van der Waals surface area (Å²) in [5, 5.41) is 2.49. The van der Waals surface area contributed by atoms with Gasteiger partial charge in [0.05, 0.1) is 20.8 Å². The highest BCUT2D eigenvalue weighted by Gasteiger charge is 2.54. The number of carbonyl (C=O) groups is 4. The lowest BCUT2D eigenvalue weighted by atomic mass is 9.95. The molecule has 154 valence electrons. The normalized spacial score (nSPS) is 15.7. The minimum atomic E-state index is -1.82. The molecule has 1 aliphatic heterocycles. The molecule has 10 heteroatoms. The van der Waals surface area contributed by atoms with Gasteiger partial charge >= 0.3 is 18.0 Å². The van der Waals surface area contributed by atoms with Gasteiger partial charge in [-0.2, -0.15) is 0 Å². The third kappa shape index (κ3) is 5.56. The average Bonchev–Trinajstić information content (AvgIpc) is 2.60. The molecule has 0 spiro atoms. The van der Waals surface area contributed by atoms with Crippen LogP contribution in [0.25, 0.3) is 0 Å². The first kappa shape index (κ1) is 22.7. The molecule has 0 radical (unpaired) electrons. The Hall–Kier alpha value is -2.36. The molecule has 1 aliphatic rings. The Labute approximate surface area is 159 Å². The summed E-state index contributed by atoms with van der Waals surface area (Å²) in [5.41, 5.74) is -2.45. The molecule has 1 saturated heterocycles. The second-order valence-corrected chi connectivity index (χ2v) is 7.21. The second-order valence-electron chi connectivity index (χ2n) is 7.21. The van der Waals surface area contributed by atoms with Crippen molar-refractivity contribution in [3.8, 4) is 0 Å². The van der Waals surface area contributed by atoms with Crippen LogP contribution in [0.3, 0.4) is 0 Å². The van der Waals surface area contributed by atoms with E-state index in [1.165, 1.54) is 11.8 Å². The Morgan fingerprint density at radius 1 is 0.926 bits per heavy atom. The van der Waals surface area contributed by atoms with E-state index in [0.717, 1.165) is 14.2 Å². The van der Waals surface area contributed by atoms with Crippen molar-refractivity contribution in [3.05, 3.63) is 0 Å². The molecule has 0 saturated carbocycles. The zero-order chi connectivity index (χ0) is 20.8. The maximum absolute atomic E-state index is 12.5. The number of carbonyl (C=O) groups excluding carboxylic acids is 4. The van der Waals surface area contributed by atoms with Crippen molar-refractivity contribution in [3.63, 3.8) is 0 Å². The van der Waals surface area contributed by atoms with Crippen molar-refractivity contribution in [1.82, 2.24) is 15.1 Å². The largest absolute Gasteiger partial charge is 0.467 e. The Morgan fingerprint density at radius 2 is 1.41 bits per heavy atom. The lowest BCUT2D eigenvalue weighted by Crippen LogP contribution is -2.69. The van der Waals surface area contributed by atoms with Crippen LogP contribution in [-0.2, 0) is 28.6 Å². The lowest BCUT2D eigenvalue weighted by molar-refractivity contribution is -0.173. The Kier molecular flexibility index (Phi) is 7.58. The fourth-order valence-corrected chi connectivity index (χ4v) is 2.78. The van der Waals surface area contributed by atoms with Gasteiger partial charge in [0.1, 0.15) is 5.60 Å². The first-order valence-electron chi connectivity index (χ1n) is 8.62. The van der Waals surface area contributed by atoms with Crippen molar-refractivity contribution in [2.75, 3.05) is 46.9 Å².